The predicted molar refractivity (Wildman–Crippen MR) is 99.1 cm³/mol. The highest BCUT2D eigenvalue weighted by Gasteiger charge is 2.32. The van der Waals surface area contributed by atoms with Crippen molar-refractivity contribution in [2.24, 2.45) is 0 Å². The van der Waals surface area contributed by atoms with Gasteiger partial charge < -0.3 is 9.47 Å². The first-order chi connectivity index (χ1) is 11.9. The van der Waals surface area contributed by atoms with Crippen molar-refractivity contribution in [2.75, 3.05) is 24.7 Å². The fourth-order valence-corrected chi connectivity index (χ4v) is 4.67. The van der Waals surface area contributed by atoms with Crippen molar-refractivity contribution in [3.05, 3.63) is 16.0 Å². The molecule has 1 aromatic rings. The molecule has 10 heteroatoms. The van der Waals surface area contributed by atoms with Crippen molar-refractivity contribution in [3.8, 4) is 0 Å². The van der Waals surface area contributed by atoms with E-state index in [2.05, 4.69) is 5.32 Å². The smallest absolute Gasteiger partial charge is 0.412 e. The van der Waals surface area contributed by atoms with E-state index in [0.717, 1.165) is 16.7 Å². The van der Waals surface area contributed by atoms with Gasteiger partial charge in [-0.3, -0.25) is 5.32 Å². The molecule has 1 N–H and O–H groups in total. The molecule has 1 aromatic heterocycles. The molecule has 8 nitrogen and oxygen atoms in total. The molecular weight excluding hydrogens is 380 g/mol. The van der Waals surface area contributed by atoms with Crippen molar-refractivity contribution in [2.45, 2.75) is 46.3 Å². The van der Waals surface area contributed by atoms with Crippen LogP contribution in [0.1, 0.15) is 48.5 Å². The normalized spacial score (nSPS) is 15.3. The Kier molecular flexibility index (Phi) is 5.99. The van der Waals surface area contributed by atoms with Gasteiger partial charge in [0.05, 0.1) is 18.4 Å². The van der Waals surface area contributed by atoms with E-state index < -0.39 is 27.7 Å². The zero-order valence-corrected chi connectivity index (χ0v) is 17.2. The van der Waals surface area contributed by atoms with E-state index in [1.165, 1.54) is 15.6 Å². The second kappa shape index (κ2) is 7.53. The lowest BCUT2D eigenvalue weighted by Crippen LogP contribution is -2.34. The summed E-state index contributed by atoms with van der Waals surface area (Å²) >= 11 is 1.17. The van der Waals surface area contributed by atoms with E-state index in [4.69, 9.17) is 9.47 Å². The minimum Gasteiger partial charge on any atom is -0.462 e. The summed E-state index contributed by atoms with van der Waals surface area (Å²) in [4.78, 5) is 25.2. The lowest BCUT2D eigenvalue weighted by atomic mass is 10.0. The van der Waals surface area contributed by atoms with E-state index in [9.17, 15) is 18.0 Å². The molecule has 0 spiro atoms. The van der Waals surface area contributed by atoms with Gasteiger partial charge in [0.15, 0.2) is 0 Å². The molecule has 26 heavy (non-hydrogen) atoms. The molecule has 0 saturated carbocycles. The van der Waals surface area contributed by atoms with Gasteiger partial charge in [-0.05, 0) is 39.7 Å². The molecule has 2 rings (SSSR count). The standard InChI is InChI=1S/C16H24N2O6S2/c1-6-23-14(19)12-10-7-8-18(26(5,21)22)9-11(10)25-13(12)17-15(20)24-16(2,3)4/h6-9H2,1-5H3,(H,17,20). The van der Waals surface area contributed by atoms with Gasteiger partial charge in [-0.1, -0.05) is 0 Å². The van der Waals surface area contributed by atoms with Crippen LogP contribution in [-0.4, -0.2) is 49.8 Å². The van der Waals surface area contributed by atoms with E-state index in [1.807, 2.05) is 0 Å². The molecule has 0 fully saturated rings. The highest BCUT2D eigenvalue weighted by molar-refractivity contribution is 7.88. The zero-order chi connectivity index (χ0) is 19.7. The Hall–Kier alpha value is -1.65. The third-order valence-electron chi connectivity index (χ3n) is 3.58. The highest BCUT2D eigenvalue weighted by Crippen LogP contribution is 2.38. The monoisotopic (exact) mass is 404 g/mol. The predicted octanol–water partition coefficient (Wildman–Crippen LogP) is 2.59. The second-order valence-corrected chi connectivity index (χ2v) is 9.99. The van der Waals surface area contributed by atoms with Crippen LogP contribution in [0.25, 0.3) is 0 Å². The molecule has 1 amide bonds. The largest absolute Gasteiger partial charge is 0.462 e. The summed E-state index contributed by atoms with van der Waals surface area (Å²) in [6, 6.07) is 0. The first kappa shape index (κ1) is 20.7. The number of sulfonamides is 1. The van der Waals surface area contributed by atoms with Crippen LogP contribution in [0.2, 0.25) is 0 Å². The van der Waals surface area contributed by atoms with E-state index in [-0.39, 0.29) is 25.3 Å². The number of carbonyl (C=O) groups is 2. The number of carbonyl (C=O) groups excluding carboxylic acids is 2. The molecule has 0 aliphatic carbocycles. The van der Waals surface area contributed by atoms with Gasteiger partial charge in [-0.2, -0.15) is 4.31 Å². The number of anilines is 1. The van der Waals surface area contributed by atoms with Crippen LogP contribution in [0.15, 0.2) is 0 Å². The number of ether oxygens (including phenoxy) is 2. The fourth-order valence-electron chi connectivity index (χ4n) is 2.57. The number of esters is 1. The maximum Gasteiger partial charge on any atom is 0.412 e. The van der Waals surface area contributed by atoms with Crippen LogP contribution in [0, 0.1) is 0 Å². The maximum atomic E-state index is 12.4. The number of fused-ring (bicyclic) bond motifs is 1. The number of hydrogen-bond acceptors (Lipinski definition) is 7. The zero-order valence-electron chi connectivity index (χ0n) is 15.5. The summed E-state index contributed by atoms with van der Waals surface area (Å²) in [6.07, 6.45) is 0.849. The molecular formula is C16H24N2O6S2. The van der Waals surface area contributed by atoms with E-state index >= 15 is 0 Å². The Balaban J connectivity index is 2.37. The van der Waals surface area contributed by atoms with Crippen LogP contribution in [0.3, 0.4) is 0 Å². The number of rotatable bonds is 4. The molecule has 2 heterocycles. The Morgan fingerprint density at radius 1 is 1.31 bits per heavy atom. The summed E-state index contributed by atoms with van der Waals surface area (Å²) in [5, 5.41) is 2.92. The molecule has 0 unspecified atom stereocenters. The van der Waals surface area contributed by atoms with Crippen LogP contribution in [-0.2, 0) is 32.5 Å². The van der Waals surface area contributed by atoms with Gasteiger partial charge in [-0.15, -0.1) is 11.3 Å². The number of hydrogen-bond donors (Lipinski definition) is 1. The summed E-state index contributed by atoms with van der Waals surface area (Å²) in [6.45, 7) is 7.56. The van der Waals surface area contributed by atoms with Gasteiger partial charge in [0, 0.05) is 18.0 Å². The first-order valence-electron chi connectivity index (χ1n) is 8.19. The number of nitrogens with one attached hydrogen (secondary N) is 1. The summed E-state index contributed by atoms with van der Waals surface area (Å²) in [5.74, 6) is -0.538. The highest BCUT2D eigenvalue weighted by atomic mass is 32.2. The molecule has 1 aliphatic rings. The van der Waals surface area contributed by atoms with Gasteiger partial charge in [0.1, 0.15) is 10.6 Å². The fraction of sp³-hybridized carbons (Fsp3) is 0.625. The number of thiophene rings is 1. The van der Waals surface area contributed by atoms with Crippen molar-refractivity contribution in [3.63, 3.8) is 0 Å². The van der Waals surface area contributed by atoms with Gasteiger partial charge in [0.2, 0.25) is 10.0 Å². The maximum absolute atomic E-state index is 12.4. The summed E-state index contributed by atoms with van der Waals surface area (Å²) in [5.41, 5.74) is 0.322. The van der Waals surface area contributed by atoms with Crippen molar-refractivity contribution in [1.29, 1.82) is 0 Å². The van der Waals surface area contributed by atoms with Crippen LogP contribution in [0.4, 0.5) is 9.80 Å². The molecule has 0 saturated heterocycles. The second-order valence-electron chi connectivity index (χ2n) is 6.90. The average Bonchev–Trinajstić information content (AvgIpc) is 2.81. The average molecular weight is 405 g/mol. The van der Waals surface area contributed by atoms with Gasteiger partial charge >= 0.3 is 12.1 Å². The van der Waals surface area contributed by atoms with Crippen LogP contribution >= 0.6 is 11.3 Å². The summed E-state index contributed by atoms with van der Waals surface area (Å²) in [7, 11) is -3.34. The van der Waals surface area contributed by atoms with Crippen molar-refractivity contribution in [1.82, 2.24) is 4.31 Å². The van der Waals surface area contributed by atoms with Gasteiger partial charge in [0.25, 0.3) is 0 Å². The molecule has 146 valence electrons. The SMILES string of the molecule is CCOC(=O)c1c(NC(=O)OC(C)(C)C)sc2c1CCN(S(C)(=O)=O)C2. The molecule has 0 aromatic carbocycles. The van der Waals surface area contributed by atoms with Crippen LogP contribution in [0.5, 0.6) is 0 Å². The Morgan fingerprint density at radius 2 is 1.96 bits per heavy atom. The van der Waals surface area contributed by atoms with Crippen LogP contribution < -0.4 is 5.32 Å². The van der Waals surface area contributed by atoms with Crippen molar-refractivity contribution >= 4 is 38.4 Å². The Labute approximate surface area is 157 Å². The lowest BCUT2D eigenvalue weighted by molar-refractivity contribution is 0.0526. The Bertz CT molecular complexity index is 807. The number of nitrogens with zero attached hydrogens (tertiary/aromatic N) is 1. The minimum atomic E-state index is -3.34. The van der Waals surface area contributed by atoms with Crippen molar-refractivity contribution < 1.29 is 27.5 Å². The quantitative estimate of drug-likeness (QED) is 0.774. The molecule has 0 radical (unpaired) electrons. The molecule has 0 bridgehead atoms. The first-order valence-corrected chi connectivity index (χ1v) is 10.9. The van der Waals surface area contributed by atoms with E-state index in [1.54, 1.807) is 27.7 Å². The lowest BCUT2D eigenvalue weighted by Gasteiger charge is -2.24. The Morgan fingerprint density at radius 3 is 2.50 bits per heavy atom. The summed E-state index contributed by atoms with van der Waals surface area (Å²) < 4.78 is 35.3. The van der Waals surface area contributed by atoms with E-state index in [0.29, 0.717) is 11.4 Å². The van der Waals surface area contributed by atoms with Gasteiger partial charge in [-0.25, -0.2) is 18.0 Å². The third-order valence-corrected chi connectivity index (χ3v) is 5.97. The third kappa shape index (κ3) is 4.95. The molecule has 0 atom stereocenters. The number of amides is 1. The molecule has 1 aliphatic heterocycles. The minimum absolute atomic E-state index is 0.168. The topological polar surface area (TPSA) is 102 Å².